The van der Waals surface area contributed by atoms with Crippen molar-refractivity contribution in [3.05, 3.63) is 10.2 Å². The summed E-state index contributed by atoms with van der Waals surface area (Å²) in [5, 5.41) is 0. The van der Waals surface area contributed by atoms with Crippen molar-refractivity contribution in [2.45, 2.75) is 92.4 Å². The Morgan fingerprint density at radius 1 is 0.909 bits per heavy atom. The van der Waals surface area contributed by atoms with Gasteiger partial charge in [-0.15, -0.1) is 0 Å². The molecule has 0 saturated carbocycles. The van der Waals surface area contributed by atoms with Crippen LogP contribution < -0.4 is 0 Å². The number of hydrogen-bond donors (Lipinski definition) is 0. The average Bonchev–Trinajstić information content (AvgIpc) is 2.51. The fourth-order valence-electron chi connectivity index (χ4n) is 2.96. The van der Waals surface area contributed by atoms with E-state index < -0.39 is 18.4 Å². The van der Waals surface area contributed by atoms with Crippen LogP contribution in [0.3, 0.4) is 0 Å². The molecule has 2 nitrogen and oxygen atoms in total. The molecule has 0 spiro atoms. The molecule has 0 atom stereocenters. The molecule has 0 saturated heterocycles. The van der Waals surface area contributed by atoms with Crippen LogP contribution in [0.1, 0.15) is 79.1 Å². The quantitative estimate of drug-likeness (QED) is 0.189. The zero-order valence-electron chi connectivity index (χ0n) is 15.5. The van der Waals surface area contributed by atoms with Gasteiger partial charge in [0.25, 0.3) is 0 Å². The second kappa shape index (κ2) is 14.6. The molecule has 0 fully saturated rings. The summed E-state index contributed by atoms with van der Waals surface area (Å²) >= 11 is -2.07. The second-order valence-electron chi connectivity index (χ2n) is 6.56. The predicted octanol–water partition coefficient (Wildman–Crippen LogP) is 6.27. The van der Waals surface area contributed by atoms with Crippen LogP contribution in [0.25, 0.3) is 0 Å². The number of rotatable bonds is 14. The minimum atomic E-state index is -2.07. The van der Waals surface area contributed by atoms with Gasteiger partial charge in [-0.1, -0.05) is 0 Å². The fourth-order valence-corrected chi connectivity index (χ4v) is 17.5. The van der Waals surface area contributed by atoms with Crippen molar-refractivity contribution in [2.75, 3.05) is 6.61 Å². The van der Waals surface area contributed by atoms with Crippen LogP contribution in [0.4, 0.5) is 0 Å². The van der Waals surface area contributed by atoms with Crippen LogP contribution in [0.15, 0.2) is 10.2 Å². The fraction of sp³-hybridized carbons (Fsp3) is 0.842. The van der Waals surface area contributed by atoms with Crippen LogP contribution >= 0.6 is 0 Å². The van der Waals surface area contributed by atoms with Gasteiger partial charge in [-0.3, -0.25) is 0 Å². The van der Waals surface area contributed by atoms with E-state index in [9.17, 15) is 4.79 Å². The number of hydrogen-bond acceptors (Lipinski definition) is 2. The van der Waals surface area contributed by atoms with E-state index in [1.165, 1.54) is 58.8 Å². The van der Waals surface area contributed by atoms with Gasteiger partial charge < -0.3 is 0 Å². The van der Waals surface area contributed by atoms with Crippen molar-refractivity contribution in [3.63, 3.8) is 0 Å². The van der Waals surface area contributed by atoms with Crippen LogP contribution in [-0.2, 0) is 9.53 Å². The number of ether oxygens (including phenoxy) is 1. The van der Waals surface area contributed by atoms with Gasteiger partial charge in [0.05, 0.1) is 0 Å². The number of carbonyl (C=O) groups is 1. The Balaban J connectivity index is 4.52. The summed E-state index contributed by atoms with van der Waals surface area (Å²) in [6.07, 6.45) is 12.7. The Labute approximate surface area is 143 Å². The molecular weight excluding hydrogens is 379 g/mol. The third-order valence-corrected chi connectivity index (χ3v) is 18.6. The number of unbranched alkanes of at least 4 members (excludes halogenated alkanes) is 4. The van der Waals surface area contributed by atoms with Crippen molar-refractivity contribution in [2.24, 2.45) is 0 Å². The molecule has 0 aliphatic carbocycles. The average molecular weight is 417 g/mol. The molecule has 130 valence electrons. The first kappa shape index (κ1) is 22.0. The van der Waals surface area contributed by atoms with Crippen LogP contribution in [-0.4, -0.2) is 31.0 Å². The van der Waals surface area contributed by atoms with Gasteiger partial charge in [0.2, 0.25) is 0 Å². The normalized spacial score (nSPS) is 12.0. The van der Waals surface area contributed by atoms with Crippen molar-refractivity contribution < 1.29 is 9.53 Å². The summed E-state index contributed by atoms with van der Waals surface area (Å²) in [4.78, 5) is 10.8. The van der Waals surface area contributed by atoms with Crippen LogP contribution in [0, 0.1) is 0 Å². The molecule has 0 aromatic carbocycles. The van der Waals surface area contributed by atoms with Gasteiger partial charge in [-0.05, 0) is 0 Å². The topological polar surface area (TPSA) is 26.3 Å². The molecule has 0 aromatic heterocycles. The Hall–Kier alpha value is 0.00870. The Bertz CT molecular complexity index is 278. The third kappa shape index (κ3) is 11.6. The maximum absolute atomic E-state index is 10.8. The van der Waals surface area contributed by atoms with Gasteiger partial charge in [-0.2, -0.15) is 0 Å². The maximum atomic E-state index is 10.8. The van der Waals surface area contributed by atoms with Crippen molar-refractivity contribution >= 4 is 24.3 Å². The predicted molar refractivity (Wildman–Crippen MR) is 99.9 cm³/mol. The van der Waals surface area contributed by atoms with Gasteiger partial charge in [0.15, 0.2) is 0 Å². The minimum absolute atomic E-state index is 0.161. The Morgan fingerprint density at radius 3 is 1.82 bits per heavy atom. The number of esters is 1. The van der Waals surface area contributed by atoms with Crippen molar-refractivity contribution in [1.82, 2.24) is 0 Å². The molecule has 0 N–H and O–H groups in total. The van der Waals surface area contributed by atoms with E-state index in [0.717, 1.165) is 12.8 Å². The van der Waals surface area contributed by atoms with E-state index in [-0.39, 0.29) is 5.97 Å². The van der Waals surface area contributed by atoms with E-state index in [2.05, 4.69) is 30.9 Å². The summed E-state index contributed by atoms with van der Waals surface area (Å²) in [7, 11) is 0. The van der Waals surface area contributed by atoms with E-state index in [0.29, 0.717) is 6.61 Å². The molecule has 22 heavy (non-hydrogen) atoms. The first-order chi connectivity index (χ1) is 10.6. The monoisotopic (exact) mass is 418 g/mol. The van der Waals surface area contributed by atoms with Crippen LogP contribution in [0.2, 0.25) is 13.3 Å². The van der Waals surface area contributed by atoms with E-state index in [1.807, 2.05) is 0 Å². The van der Waals surface area contributed by atoms with Crippen LogP contribution in [0.5, 0.6) is 0 Å². The molecule has 3 heteroatoms. The van der Waals surface area contributed by atoms with Gasteiger partial charge in [0.1, 0.15) is 0 Å². The van der Waals surface area contributed by atoms with Crippen molar-refractivity contribution in [3.8, 4) is 0 Å². The number of allylic oxidation sites excluding steroid dienone is 1. The summed E-state index contributed by atoms with van der Waals surface area (Å²) in [6, 6.07) is 0. The molecule has 0 aliphatic heterocycles. The zero-order chi connectivity index (χ0) is 16.7. The van der Waals surface area contributed by atoms with E-state index >= 15 is 0 Å². The summed E-state index contributed by atoms with van der Waals surface area (Å²) < 4.78 is 12.3. The van der Waals surface area contributed by atoms with Gasteiger partial charge in [-0.25, -0.2) is 0 Å². The first-order valence-electron chi connectivity index (χ1n) is 9.41. The summed E-state index contributed by atoms with van der Waals surface area (Å²) in [5.74, 6) is -0.161. The number of carbonyl (C=O) groups excluding carboxylic acids is 1. The molecular formula is C19H38O2Sn. The molecule has 0 aromatic rings. The Morgan fingerprint density at radius 2 is 1.41 bits per heavy atom. The summed E-state index contributed by atoms with van der Waals surface area (Å²) in [6.45, 7) is 9.01. The first-order valence-corrected chi connectivity index (χ1v) is 17.1. The van der Waals surface area contributed by atoms with Gasteiger partial charge in [0, 0.05) is 0 Å². The standard InChI is InChI=1S/C7H11O2.3C4H9.Sn/c1-3-4-5-6-9-7(2)8;3*1-3-4-2;/h1,3H,4-6H2,2H3;3*1,3-4H2,2H3;. The molecule has 0 bridgehead atoms. The second-order valence-corrected chi connectivity index (χ2v) is 19.6. The molecule has 0 unspecified atom stereocenters. The van der Waals surface area contributed by atoms with Gasteiger partial charge >= 0.3 is 143 Å². The molecule has 0 aliphatic rings. The summed E-state index contributed by atoms with van der Waals surface area (Å²) in [5.41, 5.74) is 0. The SMILES string of the molecule is CCC[CH2][Sn](/[CH]=C\CCCOC(C)=O)([CH2]CCC)[CH2]CCC. The van der Waals surface area contributed by atoms with E-state index in [1.54, 1.807) is 0 Å². The Kier molecular flexibility index (Phi) is 14.6. The molecule has 0 amide bonds. The molecule has 0 heterocycles. The third-order valence-electron chi connectivity index (χ3n) is 4.38. The molecule has 0 radical (unpaired) electrons. The zero-order valence-corrected chi connectivity index (χ0v) is 18.3. The molecule has 0 rings (SSSR count). The van der Waals surface area contributed by atoms with E-state index in [4.69, 9.17) is 4.74 Å². The van der Waals surface area contributed by atoms with Crippen molar-refractivity contribution in [1.29, 1.82) is 0 Å².